The molecule has 1 aromatic carbocycles. The number of rotatable bonds is 4. The number of ether oxygens (including phenoxy) is 1. The molecule has 0 bridgehead atoms. The molecule has 1 fully saturated rings. The fourth-order valence-corrected chi connectivity index (χ4v) is 2.96. The number of hydrogen-bond acceptors (Lipinski definition) is 4. The lowest BCUT2D eigenvalue weighted by molar-refractivity contribution is -0.148. The van der Waals surface area contributed by atoms with Crippen LogP contribution in [0, 0.1) is 12.8 Å². The van der Waals surface area contributed by atoms with E-state index in [0.29, 0.717) is 6.61 Å². The molecule has 1 aliphatic rings. The Labute approximate surface area is 126 Å². The monoisotopic (exact) mass is 289 g/mol. The molecule has 4 nitrogen and oxygen atoms in total. The van der Waals surface area contributed by atoms with Crippen molar-refractivity contribution in [3.8, 4) is 0 Å². The zero-order valence-electron chi connectivity index (χ0n) is 13.0. The molecule has 1 saturated heterocycles. The molecule has 0 spiro atoms. The lowest BCUT2D eigenvalue weighted by Crippen LogP contribution is -2.37. The van der Waals surface area contributed by atoms with Gasteiger partial charge in [0.2, 0.25) is 0 Å². The number of benzene rings is 1. The molecule has 4 heteroatoms. The van der Waals surface area contributed by atoms with Gasteiger partial charge in [0.15, 0.2) is 5.78 Å². The first kappa shape index (κ1) is 15.5. The predicted molar refractivity (Wildman–Crippen MR) is 82.8 cm³/mol. The minimum absolute atomic E-state index is 0.0116. The van der Waals surface area contributed by atoms with Crippen molar-refractivity contribution < 1.29 is 14.3 Å². The Morgan fingerprint density at radius 2 is 1.95 bits per heavy atom. The molecule has 21 heavy (non-hydrogen) atoms. The van der Waals surface area contributed by atoms with E-state index in [1.54, 1.807) is 6.92 Å². The molecule has 0 aliphatic carbocycles. The van der Waals surface area contributed by atoms with Gasteiger partial charge in [-0.05, 0) is 45.2 Å². The van der Waals surface area contributed by atoms with Crippen molar-refractivity contribution in [3.63, 3.8) is 0 Å². The zero-order chi connectivity index (χ0) is 15.4. The fourth-order valence-electron chi connectivity index (χ4n) is 2.96. The number of carbonyl (C=O) groups is 2. The maximum Gasteiger partial charge on any atom is 0.309 e. The molecule has 0 radical (unpaired) electrons. The van der Waals surface area contributed by atoms with Crippen molar-refractivity contribution in [3.05, 3.63) is 29.3 Å². The summed E-state index contributed by atoms with van der Waals surface area (Å²) in [6.07, 6.45) is 1.62. The summed E-state index contributed by atoms with van der Waals surface area (Å²) < 4.78 is 5.09. The van der Waals surface area contributed by atoms with Gasteiger partial charge in [0.05, 0.1) is 12.5 Å². The van der Waals surface area contributed by atoms with Gasteiger partial charge in [-0.1, -0.05) is 12.1 Å². The molecule has 114 valence electrons. The number of hydrogen-bond donors (Lipinski definition) is 0. The lowest BCUT2D eigenvalue weighted by Gasteiger charge is -2.33. The van der Waals surface area contributed by atoms with E-state index in [0.717, 1.165) is 42.7 Å². The van der Waals surface area contributed by atoms with E-state index in [1.807, 2.05) is 32.0 Å². The quantitative estimate of drug-likeness (QED) is 0.631. The maximum absolute atomic E-state index is 11.8. The van der Waals surface area contributed by atoms with Crippen LogP contribution in [0.3, 0.4) is 0 Å². The summed E-state index contributed by atoms with van der Waals surface area (Å²) in [6, 6.07) is 5.84. The Morgan fingerprint density at radius 3 is 2.52 bits per heavy atom. The summed E-state index contributed by atoms with van der Waals surface area (Å²) >= 11 is 0. The molecule has 1 aliphatic heterocycles. The van der Waals surface area contributed by atoms with E-state index in [9.17, 15) is 9.59 Å². The van der Waals surface area contributed by atoms with Gasteiger partial charge in [0, 0.05) is 24.3 Å². The van der Waals surface area contributed by atoms with E-state index >= 15 is 0 Å². The smallest absolute Gasteiger partial charge is 0.309 e. The van der Waals surface area contributed by atoms with Gasteiger partial charge in [0.1, 0.15) is 0 Å². The second-order valence-electron chi connectivity index (χ2n) is 5.52. The van der Waals surface area contributed by atoms with E-state index in [-0.39, 0.29) is 17.7 Å². The van der Waals surface area contributed by atoms with Crippen LogP contribution in [0.2, 0.25) is 0 Å². The van der Waals surface area contributed by atoms with Crippen LogP contribution in [0.1, 0.15) is 42.6 Å². The third-order valence-corrected chi connectivity index (χ3v) is 4.14. The number of carbonyl (C=O) groups excluding carboxylic acids is 2. The summed E-state index contributed by atoms with van der Waals surface area (Å²) in [5.41, 5.74) is 2.91. The molecule has 0 atom stereocenters. The van der Waals surface area contributed by atoms with Crippen LogP contribution in [0.15, 0.2) is 18.2 Å². The Hall–Kier alpha value is -1.84. The Morgan fingerprint density at radius 1 is 1.29 bits per heavy atom. The number of ketones is 1. The van der Waals surface area contributed by atoms with Crippen molar-refractivity contribution in [1.29, 1.82) is 0 Å². The first-order valence-corrected chi connectivity index (χ1v) is 7.56. The number of esters is 1. The molecular weight excluding hydrogens is 266 g/mol. The van der Waals surface area contributed by atoms with Crippen LogP contribution in [-0.2, 0) is 9.53 Å². The minimum atomic E-state index is -0.0774. The van der Waals surface area contributed by atoms with Crippen LogP contribution < -0.4 is 4.90 Å². The molecule has 1 aromatic rings. The first-order valence-electron chi connectivity index (χ1n) is 7.56. The normalized spacial score (nSPS) is 15.9. The lowest BCUT2D eigenvalue weighted by atomic mass is 9.95. The standard InChI is InChI=1S/C17H23NO3/c1-4-21-17(20)14-8-10-18(11-9-14)16-7-5-6-15(12(16)2)13(3)19/h5-7,14H,4,8-11H2,1-3H3. The van der Waals surface area contributed by atoms with Crippen LogP contribution in [0.25, 0.3) is 0 Å². The topological polar surface area (TPSA) is 46.6 Å². The maximum atomic E-state index is 11.8. The van der Waals surface area contributed by atoms with Crippen molar-refractivity contribution in [2.75, 3.05) is 24.6 Å². The second-order valence-corrected chi connectivity index (χ2v) is 5.52. The fraction of sp³-hybridized carbons (Fsp3) is 0.529. The minimum Gasteiger partial charge on any atom is -0.466 e. The van der Waals surface area contributed by atoms with Gasteiger partial charge in [-0.25, -0.2) is 0 Å². The summed E-state index contributed by atoms with van der Waals surface area (Å²) in [4.78, 5) is 25.7. The van der Waals surface area contributed by atoms with Gasteiger partial charge < -0.3 is 9.64 Å². The third-order valence-electron chi connectivity index (χ3n) is 4.14. The first-order chi connectivity index (χ1) is 10.0. The van der Waals surface area contributed by atoms with Crippen molar-refractivity contribution in [2.24, 2.45) is 5.92 Å². The van der Waals surface area contributed by atoms with Gasteiger partial charge in [-0.3, -0.25) is 9.59 Å². The van der Waals surface area contributed by atoms with Crippen molar-refractivity contribution >= 4 is 17.4 Å². The summed E-state index contributed by atoms with van der Waals surface area (Å²) in [5.74, 6) is 0.0274. The highest BCUT2D eigenvalue weighted by Crippen LogP contribution is 2.28. The van der Waals surface area contributed by atoms with E-state index in [1.165, 1.54) is 0 Å². The molecule has 0 unspecified atom stereocenters. The van der Waals surface area contributed by atoms with Crippen molar-refractivity contribution in [2.45, 2.75) is 33.6 Å². The highest BCUT2D eigenvalue weighted by Gasteiger charge is 2.27. The second kappa shape index (κ2) is 6.74. The Balaban J connectivity index is 2.07. The summed E-state index contributed by atoms with van der Waals surface area (Å²) in [6.45, 7) is 7.52. The number of Topliss-reactive ketones (excluding diaryl/α,β-unsaturated/α-hetero) is 1. The number of nitrogens with zero attached hydrogens (tertiary/aromatic N) is 1. The van der Waals surface area contributed by atoms with Crippen LogP contribution in [-0.4, -0.2) is 31.4 Å². The van der Waals surface area contributed by atoms with Gasteiger partial charge in [-0.2, -0.15) is 0 Å². The average molecular weight is 289 g/mol. The molecule has 0 saturated carbocycles. The van der Waals surface area contributed by atoms with Gasteiger partial charge in [0.25, 0.3) is 0 Å². The molecule has 0 N–H and O–H groups in total. The van der Waals surface area contributed by atoms with Crippen LogP contribution in [0.4, 0.5) is 5.69 Å². The van der Waals surface area contributed by atoms with E-state index in [4.69, 9.17) is 4.74 Å². The highest BCUT2D eigenvalue weighted by atomic mass is 16.5. The molecule has 2 rings (SSSR count). The molecule has 0 amide bonds. The Bertz CT molecular complexity index is 531. The summed E-state index contributed by atoms with van der Waals surface area (Å²) in [7, 11) is 0. The number of piperidine rings is 1. The number of anilines is 1. The van der Waals surface area contributed by atoms with Crippen LogP contribution >= 0.6 is 0 Å². The Kier molecular flexibility index (Phi) is 4.99. The predicted octanol–water partition coefficient (Wildman–Crippen LogP) is 2.98. The molecule has 1 heterocycles. The zero-order valence-corrected chi connectivity index (χ0v) is 13.0. The van der Waals surface area contributed by atoms with Gasteiger partial charge in [-0.15, -0.1) is 0 Å². The highest BCUT2D eigenvalue weighted by molar-refractivity contribution is 5.97. The van der Waals surface area contributed by atoms with E-state index < -0.39 is 0 Å². The SMILES string of the molecule is CCOC(=O)C1CCN(c2cccc(C(C)=O)c2C)CC1. The molecule has 0 aromatic heterocycles. The molecular formula is C17H23NO3. The largest absolute Gasteiger partial charge is 0.466 e. The summed E-state index contributed by atoms with van der Waals surface area (Å²) in [5, 5.41) is 0. The van der Waals surface area contributed by atoms with E-state index in [2.05, 4.69) is 4.90 Å². The van der Waals surface area contributed by atoms with Crippen molar-refractivity contribution in [1.82, 2.24) is 0 Å². The average Bonchev–Trinajstić information content (AvgIpc) is 2.47. The third kappa shape index (κ3) is 3.43. The van der Waals surface area contributed by atoms with Crippen LogP contribution in [0.5, 0.6) is 0 Å². The van der Waals surface area contributed by atoms with Gasteiger partial charge >= 0.3 is 5.97 Å².